The first kappa shape index (κ1) is 20.3. The van der Waals surface area contributed by atoms with Crippen molar-refractivity contribution in [2.75, 3.05) is 11.4 Å². The molecule has 1 aliphatic heterocycles. The van der Waals surface area contributed by atoms with E-state index >= 15 is 0 Å². The van der Waals surface area contributed by atoms with Gasteiger partial charge in [-0.15, -0.1) is 0 Å². The lowest BCUT2D eigenvalue weighted by atomic mass is 9.99. The Morgan fingerprint density at radius 1 is 1.16 bits per heavy atom. The number of hydrogen-bond acceptors (Lipinski definition) is 5. The number of carbonyl (C=O) groups excluding carboxylic acids is 1. The van der Waals surface area contributed by atoms with E-state index < -0.39 is 5.60 Å². The molecule has 6 heteroatoms. The molecular formula is C25H32N4O2. The number of nitrogens with zero attached hydrogens (tertiary/aromatic N) is 3. The lowest BCUT2D eigenvalue weighted by Gasteiger charge is -2.39. The minimum absolute atomic E-state index is 0.299. The van der Waals surface area contributed by atoms with Crippen LogP contribution in [0.3, 0.4) is 0 Å². The number of rotatable bonds is 4. The molecule has 1 unspecified atom stereocenters. The van der Waals surface area contributed by atoms with Crippen molar-refractivity contribution >= 4 is 12.0 Å². The molecule has 6 nitrogen and oxygen atoms in total. The van der Waals surface area contributed by atoms with Gasteiger partial charge in [0.25, 0.3) is 0 Å². The van der Waals surface area contributed by atoms with Crippen LogP contribution in [-0.2, 0) is 23.1 Å². The van der Waals surface area contributed by atoms with Gasteiger partial charge < -0.3 is 15.0 Å². The van der Waals surface area contributed by atoms with Gasteiger partial charge >= 0.3 is 6.09 Å². The molecule has 0 bridgehead atoms. The lowest BCUT2D eigenvalue weighted by Crippen LogP contribution is -2.46. The van der Waals surface area contributed by atoms with Crippen molar-refractivity contribution in [2.24, 2.45) is 0 Å². The molecule has 2 heterocycles. The highest BCUT2D eigenvalue weighted by Crippen LogP contribution is 2.46. The highest BCUT2D eigenvalue weighted by molar-refractivity contribution is 5.71. The number of alkyl carbamates (subject to hydrolysis) is 1. The predicted octanol–water partition coefficient (Wildman–Crippen LogP) is 4.74. The van der Waals surface area contributed by atoms with Crippen LogP contribution in [-0.4, -0.2) is 34.2 Å². The minimum Gasteiger partial charge on any atom is -0.444 e. The number of benzene rings is 1. The topological polar surface area (TPSA) is 67.4 Å². The van der Waals surface area contributed by atoms with Gasteiger partial charge in [-0.2, -0.15) is 0 Å². The van der Waals surface area contributed by atoms with Crippen molar-refractivity contribution in [3.63, 3.8) is 0 Å². The molecule has 2 aliphatic carbocycles. The number of fused-ring (bicyclic) bond motifs is 1. The number of ether oxygens (including phenoxy) is 1. The summed E-state index contributed by atoms with van der Waals surface area (Å²) < 4.78 is 5.47. The summed E-state index contributed by atoms with van der Waals surface area (Å²) in [4.78, 5) is 24.5. The summed E-state index contributed by atoms with van der Waals surface area (Å²) in [6.07, 6.45) is 5.97. The largest absolute Gasteiger partial charge is 0.444 e. The zero-order chi connectivity index (χ0) is 21.8. The molecule has 31 heavy (non-hydrogen) atoms. The Hall–Kier alpha value is -2.63. The van der Waals surface area contributed by atoms with Gasteiger partial charge in [-0.3, -0.25) is 0 Å². The van der Waals surface area contributed by atoms with Crippen molar-refractivity contribution in [3.8, 4) is 11.3 Å². The summed E-state index contributed by atoms with van der Waals surface area (Å²) in [5, 5.41) is 3.09. The molecule has 1 amide bonds. The average Bonchev–Trinajstić information content (AvgIpc) is 3.31. The summed E-state index contributed by atoms with van der Waals surface area (Å²) in [7, 11) is 0. The molecule has 1 N–H and O–H groups in total. The smallest absolute Gasteiger partial charge is 0.408 e. The lowest BCUT2D eigenvalue weighted by molar-refractivity contribution is 0.0495. The molecule has 5 rings (SSSR count). The van der Waals surface area contributed by atoms with Crippen LogP contribution < -0.4 is 10.2 Å². The van der Waals surface area contributed by atoms with Crippen molar-refractivity contribution < 1.29 is 9.53 Å². The minimum atomic E-state index is -0.497. The molecule has 1 atom stereocenters. The quantitative estimate of drug-likeness (QED) is 0.773. The third kappa shape index (κ3) is 3.88. The van der Waals surface area contributed by atoms with Crippen LogP contribution >= 0.6 is 0 Å². The highest BCUT2D eigenvalue weighted by atomic mass is 16.6. The second-order valence-electron chi connectivity index (χ2n) is 10.3. The number of anilines is 1. The zero-order valence-electron chi connectivity index (χ0n) is 19.0. The van der Waals surface area contributed by atoms with Gasteiger partial charge in [-0.1, -0.05) is 24.3 Å². The Kier molecular flexibility index (Phi) is 4.72. The van der Waals surface area contributed by atoms with Crippen molar-refractivity contribution in [1.82, 2.24) is 15.3 Å². The summed E-state index contributed by atoms with van der Waals surface area (Å²) in [5.74, 6) is 0.878. The number of hydrogen-bond donors (Lipinski definition) is 1. The maximum Gasteiger partial charge on any atom is 0.408 e. The van der Waals surface area contributed by atoms with E-state index in [2.05, 4.69) is 41.4 Å². The summed E-state index contributed by atoms with van der Waals surface area (Å²) >= 11 is 0. The second-order valence-corrected chi connectivity index (χ2v) is 10.3. The van der Waals surface area contributed by atoms with Crippen molar-refractivity contribution in [3.05, 3.63) is 41.1 Å². The maximum atomic E-state index is 12.3. The molecule has 1 aromatic carbocycles. The van der Waals surface area contributed by atoms with E-state index in [0.29, 0.717) is 6.04 Å². The first-order valence-corrected chi connectivity index (χ1v) is 11.5. The van der Waals surface area contributed by atoms with E-state index in [1.807, 2.05) is 20.8 Å². The third-order valence-electron chi connectivity index (χ3n) is 6.70. The van der Waals surface area contributed by atoms with E-state index in [9.17, 15) is 4.79 Å². The van der Waals surface area contributed by atoms with Gasteiger partial charge in [0.2, 0.25) is 5.95 Å². The van der Waals surface area contributed by atoms with Gasteiger partial charge in [-0.05, 0) is 71.8 Å². The molecule has 0 spiro atoms. The second kappa shape index (κ2) is 7.21. The monoisotopic (exact) mass is 420 g/mol. The molecular weight excluding hydrogens is 388 g/mol. The van der Waals surface area contributed by atoms with Crippen molar-refractivity contribution in [1.29, 1.82) is 0 Å². The Balaban J connectivity index is 1.40. The predicted molar refractivity (Wildman–Crippen MR) is 121 cm³/mol. The highest BCUT2D eigenvalue weighted by Gasteiger charge is 2.46. The van der Waals surface area contributed by atoms with Crippen LogP contribution in [0.2, 0.25) is 0 Å². The normalized spacial score (nSPS) is 21.3. The molecule has 0 radical (unpaired) electrons. The number of aryl methyl sites for hydroxylation is 1. The van der Waals surface area contributed by atoms with Crippen LogP contribution in [0, 0.1) is 0 Å². The van der Waals surface area contributed by atoms with Crippen LogP contribution in [0.4, 0.5) is 10.7 Å². The first-order valence-electron chi connectivity index (χ1n) is 11.5. The number of amides is 1. The van der Waals surface area contributed by atoms with E-state index in [1.54, 1.807) is 0 Å². The standard InChI is InChI=1S/C25H32N4O2/c1-16-12-15-29(16)22-26-20-7-5-6-19(20)21(27-22)17-8-10-18(11-9-17)25(13-14-25)28-23(30)31-24(2,3)4/h8-11,16H,5-7,12-15H2,1-4H3,(H,28,30). The van der Waals surface area contributed by atoms with Gasteiger partial charge in [0.1, 0.15) is 5.60 Å². The zero-order valence-corrected chi connectivity index (χ0v) is 19.0. The summed E-state index contributed by atoms with van der Waals surface area (Å²) in [6, 6.07) is 9.08. The van der Waals surface area contributed by atoms with Crippen LogP contribution in [0.5, 0.6) is 0 Å². The fourth-order valence-corrected chi connectivity index (χ4v) is 4.66. The van der Waals surface area contributed by atoms with E-state index in [0.717, 1.165) is 61.4 Å². The third-order valence-corrected chi connectivity index (χ3v) is 6.70. The molecule has 3 aliphatic rings. The fraction of sp³-hybridized carbons (Fsp3) is 0.560. The van der Waals surface area contributed by atoms with Gasteiger partial charge in [0.05, 0.1) is 11.2 Å². The van der Waals surface area contributed by atoms with E-state index in [1.165, 1.54) is 17.7 Å². The van der Waals surface area contributed by atoms with Gasteiger partial charge in [0.15, 0.2) is 0 Å². The first-order chi connectivity index (χ1) is 14.7. The van der Waals surface area contributed by atoms with Crippen LogP contribution in [0.25, 0.3) is 11.3 Å². The Morgan fingerprint density at radius 2 is 1.90 bits per heavy atom. The Bertz CT molecular complexity index is 1010. The Labute approximate surface area is 184 Å². The maximum absolute atomic E-state index is 12.3. The number of carbonyl (C=O) groups is 1. The van der Waals surface area contributed by atoms with E-state index in [4.69, 9.17) is 14.7 Å². The van der Waals surface area contributed by atoms with Crippen LogP contribution in [0.1, 0.15) is 70.2 Å². The fourth-order valence-electron chi connectivity index (χ4n) is 4.66. The van der Waals surface area contributed by atoms with Gasteiger partial charge in [0, 0.05) is 29.4 Å². The molecule has 2 aromatic rings. The Morgan fingerprint density at radius 3 is 2.48 bits per heavy atom. The molecule has 1 saturated carbocycles. The summed E-state index contributed by atoms with van der Waals surface area (Å²) in [6.45, 7) is 8.93. The SMILES string of the molecule is CC1CCN1c1nc2c(c(-c3ccc(C4(NC(=O)OC(C)(C)C)CC4)cc3)n1)CCC2. The number of nitrogens with one attached hydrogen (secondary N) is 1. The molecule has 2 fully saturated rings. The summed E-state index contributed by atoms with van der Waals surface area (Å²) in [5.41, 5.74) is 5.06. The van der Waals surface area contributed by atoms with Crippen LogP contribution in [0.15, 0.2) is 24.3 Å². The van der Waals surface area contributed by atoms with Crippen molar-refractivity contribution in [2.45, 2.75) is 83.4 Å². The molecule has 1 saturated heterocycles. The molecule has 164 valence electrons. The van der Waals surface area contributed by atoms with Gasteiger partial charge in [-0.25, -0.2) is 14.8 Å². The van der Waals surface area contributed by atoms with E-state index in [-0.39, 0.29) is 11.6 Å². The number of aromatic nitrogens is 2. The molecule has 1 aromatic heterocycles. The average molecular weight is 421 g/mol.